The third kappa shape index (κ3) is 4.50. The van der Waals surface area contributed by atoms with E-state index in [0.29, 0.717) is 16.7 Å². The summed E-state index contributed by atoms with van der Waals surface area (Å²) in [6.07, 6.45) is 19.2. The minimum Gasteiger partial charge on any atom is -0.462 e. The summed E-state index contributed by atoms with van der Waals surface area (Å²) in [7, 11) is 0. The molecule has 4 aliphatic rings. The van der Waals surface area contributed by atoms with Gasteiger partial charge in [-0.05, 0) is 104 Å². The van der Waals surface area contributed by atoms with E-state index in [1.165, 1.54) is 44.9 Å². The Bertz CT molecular complexity index is 778. The molecule has 0 aromatic heterocycles. The van der Waals surface area contributed by atoms with Crippen molar-refractivity contribution in [1.29, 1.82) is 0 Å². The zero-order valence-corrected chi connectivity index (χ0v) is 22.5. The minimum absolute atomic E-state index is 0.105. The average molecular weight is 455 g/mol. The summed E-state index contributed by atoms with van der Waals surface area (Å²) < 4.78 is 5.62. The van der Waals surface area contributed by atoms with Crippen LogP contribution in [0.2, 0.25) is 0 Å². The van der Waals surface area contributed by atoms with E-state index in [1.807, 2.05) is 0 Å². The maximum Gasteiger partial charge on any atom is 0.302 e. The van der Waals surface area contributed by atoms with Crippen LogP contribution in [0.25, 0.3) is 0 Å². The van der Waals surface area contributed by atoms with Gasteiger partial charge >= 0.3 is 5.97 Å². The first-order chi connectivity index (χ1) is 15.6. The maximum absolute atomic E-state index is 11.5. The molecule has 0 aromatic rings. The van der Waals surface area contributed by atoms with Crippen LogP contribution < -0.4 is 0 Å². The first-order valence-corrected chi connectivity index (χ1v) is 14.1. The lowest BCUT2D eigenvalue weighted by atomic mass is 9.47. The molecule has 0 unspecified atom stereocenters. The Morgan fingerprint density at radius 3 is 2.52 bits per heavy atom. The molecule has 0 radical (unpaired) electrons. The van der Waals surface area contributed by atoms with Crippen molar-refractivity contribution in [2.75, 3.05) is 0 Å². The molecule has 0 aliphatic heterocycles. The average Bonchev–Trinajstić information content (AvgIpc) is 3.11. The Labute approximate surface area is 204 Å². The fourth-order valence-corrected chi connectivity index (χ4v) is 9.15. The molecule has 0 bridgehead atoms. The topological polar surface area (TPSA) is 26.3 Å². The Hall–Kier alpha value is -1.05. The zero-order valence-electron chi connectivity index (χ0n) is 22.5. The molecule has 2 nitrogen and oxygen atoms in total. The van der Waals surface area contributed by atoms with Gasteiger partial charge in [-0.3, -0.25) is 4.79 Å². The minimum atomic E-state index is -0.120. The fourth-order valence-electron chi connectivity index (χ4n) is 9.15. The van der Waals surface area contributed by atoms with Gasteiger partial charge in [-0.25, -0.2) is 0 Å². The molecule has 3 fully saturated rings. The van der Waals surface area contributed by atoms with Crippen LogP contribution in [0, 0.1) is 52.3 Å². The van der Waals surface area contributed by atoms with Crippen LogP contribution in [-0.2, 0) is 9.53 Å². The molecule has 4 rings (SSSR count). The van der Waals surface area contributed by atoms with Crippen molar-refractivity contribution in [3.8, 4) is 0 Å². The van der Waals surface area contributed by atoms with Crippen LogP contribution in [-0.4, -0.2) is 12.1 Å². The molecule has 0 N–H and O–H groups in total. The number of hydrogen-bond donors (Lipinski definition) is 0. The Morgan fingerprint density at radius 1 is 1.09 bits per heavy atom. The van der Waals surface area contributed by atoms with Gasteiger partial charge in [0.2, 0.25) is 0 Å². The van der Waals surface area contributed by atoms with Gasteiger partial charge in [0.25, 0.3) is 0 Å². The van der Waals surface area contributed by atoms with E-state index < -0.39 is 0 Å². The monoisotopic (exact) mass is 454 g/mol. The highest BCUT2D eigenvalue weighted by Crippen LogP contribution is 2.67. The predicted octanol–water partition coefficient (Wildman–Crippen LogP) is 8.37. The van der Waals surface area contributed by atoms with Gasteiger partial charge in [0, 0.05) is 13.3 Å². The van der Waals surface area contributed by atoms with Crippen molar-refractivity contribution >= 4 is 5.97 Å². The van der Waals surface area contributed by atoms with Crippen LogP contribution >= 0.6 is 0 Å². The first kappa shape index (κ1) is 25.1. The second-order valence-electron chi connectivity index (χ2n) is 13.0. The number of fused-ring (bicyclic) bond motifs is 5. The zero-order chi connectivity index (χ0) is 24.0. The van der Waals surface area contributed by atoms with E-state index >= 15 is 0 Å². The molecule has 2 heteroatoms. The lowest BCUT2D eigenvalue weighted by Gasteiger charge is -2.58. The summed E-state index contributed by atoms with van der Waals surface area (Å²) in [6, 6.07) is 0. The largest absolute Gasteiger partial charge is 0.462 e. The summed E-state index contributed by atoms with van der Waals surface area (Å²) in [5.41, 5.74) is 2.44. The normalized spacial score (nSPS) is 42.3. The Kier molecular flexibility index (Phi) is 7.24. The molecule has 9 atom stereocenters. The molecular weight excluding hydrogens is 404 g/mol. The predicted molar refractivity (Wildman–Crippen MR) is 138 cm³/mol. The van der Waals surface area contributed by atoms with Gasteiger partial charge in [-0.15, -0.1) is 0 Å². The smallest absolute Gasteiger partial charge is 0.302 e. The van der Waals surface area contributed by atoms with Crippen LogP contribution in [0.15, 0.2) is 23.8 Å². The SMILES string of the molecule is CC[C@H](/C=C\[C@H](C)[C@@H]1CC[C@H]2[C@H]3CC=C4C[C@H](OC(C)=O)CC[C@@]4(C)[C@H]3CC[C@]21C)C(C)C. The lowest BCUT2D eigenvalue weighted by molar-refractivity contribution is -0.148. The van der Waals surface area contributed by atoms with Gasteiger partial charge < -0.3 is 4.74 Å². The second kappa shape index (κ2) is 9.54. The van der Waals surface area contributed by atoms with Crippen molar-refractivity contribution < 1.29 is 9.53 Å². The molecule has 0 amide bonds. The highest BCUT2D eigenvalue weighted by Gasteiger charge is 2.59. The van der Waals surface area contributed by atoms with Crippen molar-refractivity contribution in [3.63, 3.8) is 0 Å². The van der Waals surface area contributed by atoms with Gasteiger partial charge in [0.1, 0.15) is 6.10 Å². The van der Waals surface area contributed by atoms with Gasteiger partial charge in [-0.2, -0.15) is 0 Å². The van der Waals surface area contributed by atoms with Gasteiger partial charge in [0.15, 0.2) is 0 Å². The quantitative estimate of drug-likeness (QED) is 0.297. The number of ether oxygens (including phenoxy) is 1. The molecule has 186 valence electrons. The van der Waals surface area contributed by atoms with Crippen molar-refractivity contribution in [2.24, 2.45) is 52.3 Å². The molecule has 33 heavy (non-hydrogen) atoms. The van der Waals surface area contributed by atoms with Crippen LogP contribution in [0.4, 0.5) is 0 Å². The van der Waals surface area contributed by atoms with Crippen LogP contribution in [0.1, 0.15) is 106 Å². The highest BCUT2D eigenvalue weighted by molar-refractivity contribution is 5.66. The summed E-state index contributed by atoms with van der Waals surface area (Å²) in [5, 5.41) is 0. The van der Waals surface area contributed by atoms with E-state index in [2.05, 4.69) is 59.8 Å². The number of hydrogen-bond acceptors (Lipinski definition) is 2. The van der Waals surface area contributed by atoms with Gasteiger partial charge in [-0.1, -0.05) is 65.3 Å². The van der Waals surface area contributed by atoms with E-state index in [0.717, 1.165) is 48.3 Å². The number of rotatable bonds is 6. The molecule has 3 saturated carbocycles. The van der Waals surface area contributed by atoms with Crippen molar-refractivity contribution in [3.05, 3.63) is 23.8 Å². The summed E-state index contributed by atoms with van der Waals surface area (Å²) >= 11 is 0. The summed E-state index contributed by atoms with van der Waals surface area (Å²) in [5.74, 6) is 5.41. The van der Waals surface area contributed by atoms with Crippen LogP contribution in [0.3, 0.4) is 0 Å². The first-order valence-electron chi connectivity index (χ1n) is 14.1. The van der Waals surface area contributed by atoms with Gasteiger partial charge in [0.05, 0.1) is 0 Å². The van der Waals surface area contributed by atoms with Crippen LogP contribution in [0.5, 0.6) is 0 Å². The molecule has 0 heterocycles. The standard InChI is InChI=1S/C31H50O2/c1-8-23(20(2)3)10-9-21(4)27-13-14-28-26-12-11-24-19-25(33-22(5)32)15-17-30(24,6)29(26)16-18-31(27,28)7/h9-11,20-21,23,25-29H,8,12-19H2,1-7H3/b10-9-/t21-,23+,25+,26+,27-,28-,29-,30+,31-/m0/s1. The lowest BCUT2D eigenvalue weighted by Crippen LogP contribution is -2.51. The van der Waals surface area contributed by atoms with Crippen molar-refractivity contribution in [2.45, 2.75) is 112 Å². The number of allylic oxidation sites excluding steroid dienone is 3. The highest BCUT2D eigenvalue weighted by atomic mass is 16.5. The van der Waals surface area contributed by atoms with E-state index in [1.54, 1.807) is 12.5 Å². The molecule has 0 spiro atoms. The molecule has 0 aromatic carbocycles. The van der Waals surface area contributed by atoms with E-state index in [9.17, 15) is 4.79 Å². The summed E-state index contributed by atoms with van der Waals surface area (Å²) in [4.78, 5) is 11.5. The fraction of sp³-hybridized carbons (Fsp3) is 0.839. The molecule has 4 aliphatic carbocycles. The van der Waals surface area contributed by atoms with E-state index in [4.69, 9.17) is 4.74 Å². The molecule has 0 saturated heterocycles. The second-order valence-corrected chi connectivity index (χ2v) is 13.0. The van der Waals surface area contributed by atoms with E-state index in [-0.39, 0.29) is 12.1 Å². The Balaban J connectivity index is 1.49. The number of carbonyl (C=O) groups excluding carboxylic acids is 1. The molecular formula is C31H50O2. The third-order valence-corrected chi connectivity index (χ3v) is 11.1. The van der Waals surface area contributed by atoms with Crippen molar-refractivity contribution in [1.82, 2.24) is 0 Å². The maximum atomic E-state index is 11.5. The third-order valence-electron chi connectivity index (χ3n) is 11.1. The number of esters is 1. The summed E-state index contributed by atoms with van der Waals surface area (Å²) in [6.45, 7) is 16.3. The Morgan fingerprint density at radius 2 is 1.85 bits per heavy atom. The number of carbonyl (C=O) groups is 1.